The molecule has 5 rings (SSSR count). The highest BCUT2D eigenvalue weighted by molar-refractivity contribution is 7.99. The van der Waals surface area contributed by atoms with Gasteiger partial charge in [-0.05, 0) is 42.0 Å². The second kappa shape index (κ2) is 9.57. The second-order valence-electron chi connectivity index (χ2n) is 7.53. The van der Waals surface area contributed by atoms with Gasteiger partial charge in [-0.25, -0.2) is 4.79 Å². The summed E-state index contributed by atoms with van der Waals surface area (Å²) in [7, 11) is 0. The smallest absolute Gasteiger partial charge is 0.324 e. The molecule has 0 N–H and O–H groups in total. The Kier molecular flexibility index (Phi) is 6.82. The van der Waals surface area contributed by atoms with Crippen LogP contribution in [0.25, 0.3) is 0 Å². The second-order valence-corrected chi connectivity index (χ2v) is 9.05. The first-order chi connectivity index (χ1) is 14.7. The molecule has 5 nitrogen and oxygen atoms in total. The van der Waals surface area contributed by atoms with E-state index in [2.05, 4.69) is 17.0 Å². The van der Waals surface area contributed by atoms with Gasteiger partial charge in [-0.1, -0.05) is 41.6 Å². The van der Waals surface area contributed by atoms with E-state index in [9.17, 15) is 4.79 Å². The summed E-state index contributed by atoms with van der Waals surface area (Å²) < 4.78 is 5.46. The molecule has 8 heteroatoms. The maximum Gasteiger partial charge on any atom is 0.324 e. The number of amides is 2. The van der Waals surface area contributed by atoms with Crippen molar-refractivity contribution in [2.75, 3.05) is 31.1 Å². The van der Waals surface area contributed by atoms with Gasteiger partial charge in [0.15, 0.2) is 0 Å². The molecule has 3 heterocycles. The fraction of sp³-hybridized carbons (Fsp3) is 0.261. The van der Waals surface area contributed by atoms with Gasteiger partial charge in [0.05, 0.1) is 25.0 Å². The Morgan fingerprint density at radius 3 is 2.58 bits per heavy atom. The van der Waals surface area contributed by atoms with Crippen molar-refractivity contribution >= 4 is 47.5 Å². The molecule has 0 spiro atoms. The van der Waals surface area contributed by atoms with E-state index in [1.165, 1.54) is 4.90 Å². The molecule has 162 valence electrons. The molecular weight excluding hydrogens is 453 g/mol. The van der Waals surface area contributed by atoms with Crippen LogP contribution in [-0.2, 0) is 13.1 Å². The summed E-state index contributed by atoms with van der Waals surface area (Å²) >= 11 is 8.00. The van der Waals surface area contributed by atoms with Crippen molar-refractivity contribution < 1.29 is 9.21 Å². The zero-order chi connectivity index (χ0) is 20.5. The molecule has 0 bridgehead atoms. The Labute approximate surface area is 197 Å². The standard InChI is InChI=1S/C23H22ClN3O2S.ClH/c24-18-7-8-22-20(14-18)27(15-17-4-1-2-6-21(17)30-22)23(28)26-11-9-25(10-12-26)16-19-5-3-13-29-19;/h1-8,13-14H,9-12,15-16H2;1H. The highest BCUT2D eigenvalue weighted by Crippen LogP contribution is 2.42. The van der Waals surface area contributed by atoms with Crippen LogP contribution in [0.2, 0.25) is 5.02 Å². The fourth-order valence-corrected chi connectivity index (χ4v) is 5.18. The predicted molar refractivity (Wildman–Crippen MR) is 126 cm³/mol. The number of hydrogen-bond donors (Lipinski definition) is 0. The van der Waals surface area contributed by atoms with Crippen molar-refractivity contribution in [3.05, 3.63) is 77.2 Å². The number of urea groups is 1. The summed E-state index contributed by atoms with van der Waals surface area (Å²) in [5.41, 5.74) is 2.03. The van der Waals surface area contributed by atoms with Gasteiger partial charge in [-0.15, -0.1) is 12.4 Å². The summed E-state index contributed by atoms with van der Waals surface area (Å²) in [6, 6.07) is 18.0. The van der Waals surface area contributed by atoms with Gasteiger partial charge in [0.25, 0.3) is 0 Å². The lowest BCUT2D eigenvalue weighted by Crippen LogP contribution is -2.52. The van der Waals surface area contributed by atoms with Gasteiger partial charge >= 0.3 is 6.03 Å². The number of benzene rings is 2. The van der Waals surface area contributed by atoms with Crippen molar-refractivity contribution in [2.24, 2.45) is 0 Å². The number of carbonyl (C=O) groups excluding carboxylic acids is 1. The summed E-state index contributed by atoms with van der Waals surface area (Å²) in [5, 5.41) is 0.640. The van der Waals surface area contributed by atoms with Crippen molar-refractivity contribution in [3.63, 3.8) is 0 Å². The van der Waals surface area contributed by atoms with Crippen LogP contribution in [0.1, 0.15) is 11.3 Å². The predicted octanol–water partition coefficient (Wildman–Crippen LogP) is 5.76. The summed E-state index contributed by atoms with van der Waals surface area (Å²) in [4.78, 5) is 22.0. The molecule has 2 aromatic carbocycles. The lowest BCUT2D eigenvalue weighted by molar-refractivity contribution is 0.133. The Hall–Kier alpha value is -2.12. The molecule has 0 aliphatic carbocycles. The lowest BCUT2D eigenvalue weighted by atomic mass is 10.2. The van der Waals surface area contributed by atoms with Crippen LogP contribution < -0.4 is 4.90 Å². The molecule has 2 amide bonds. The normalized spacial score (nSPS) is 16.2. The van der Waals surface area contributed by atoms with Gasteiger partial charge in [0, 0.05) is 41.0 Å². The Balaban J connectivity index is 0.00000231. The summed E-state index contributed by atoms with van der Waals surface area (Å²) in [6.07, 6.45) is 1.70. The van der Waals surface area contributed by atoms with Crippen molar-refractivity contribution in [3.8, 4) is 0 Å². The number of rotatable bonds is 2. The number of halogens is 2. The van der Waals surface area contributed by atoms with E-state index >= 15 is 0 Å². The van der Waals surface area contributed by atoms with Crippen LogP contribution in [0, 0.1) is 0 Å². The monoisotopic (exact) mass is 475 g/mol. The van der Waals surface area contributed by atoms with Gasteiger partial charge in [0.2, 0.25) is 0 Å². The molecule has 1 fully saturated rings. The lowest BCUT2D eigenvalue weighted by Gasteiger charge is -2.37. The molecule has 1 aromatic heterocycles. The van der Waals surface area contributed by atoms with Crippen LogP contribution in [0.4, 0.5) is 10.5 Å². The molecule has 0 radical (unpaired) electrons. The number of furan rings is 1. The van der Waals surface area contributed by atoms with E-state index < -0.39 is 0 Å². The Morgan fingerprint density at radius 2 is 1.81 bits per heavy atom. The zero-order valence-electron chi connectivity index (χ0n) is 16.9. The first-order valence-corrected chi connectivity index (χ1v) is 11.2. The highest BCUT2D eigenvalue weighted by atomic mass is 35.5. The number of piperazine rings is 1. The SMILES string of the molecule is Cl.O=C(N1CCN(Cc2ccco2)CC1)N1Cc2ccccc2Sc2ccc(Cl)cc21. The van der Waals surface area contributed by atoms with Crippen LogP contribution in [0.5, 0.6) is 0 Å². The minimum absolute atomic E-state index is 0. The summed E-state index contributed by atoms with van der Waals surface area (Å²) in [5.74, 6) is 0.958. The molecule has 0 saturated carbocycles. The maximum atomic E-state index is 13.6. The van der Waals surface area contributed by atoms with E-state index in [-0.39, 0.29) is 18.4 Å². The van der Waals surface area contributed by atoms with Gasteiger partial charge in [-0.3, -0.25) is 9.80 Å². The van der Waals surface area contributed by atoms with Gasteiger partial charge < -0.3 is 9.32 Å². The van der Waals surface area contributed by atoms with E-state index in [0.717, 1.165) is 41.5 Å². The first-order valence-electron chi connectivity index (χ1n) is 10.0. The number of anilines is 1. The highest BCUT2D eigenvalue weighted by Gasteiger charge is 2.30. The zero-order valence-corrected chi connectivity index (χ0v) is 19.3. The van der Waals surface area contributed by atoms with Crippen molar-refractivity contribution in [2.45, 2.75) is 22.9 Å². The average Bonchev–Trinajstić information content (AvgIpc) is 3.21. The minimum atomic E-state index is 0. The van der Waals surface area contributed by atoms with Crippen LogP contribution in [-0.4, -0.2) is 42.0 Å². The quantitative estimate of drug-likeness (QED) is 0.471. The first kappa shape index (κ1) is 22.1. The molecule has 2 aliphatic rings. The number of nitrogens with zero attached hydrogens (tertiary/aromatic N) is 3. The van der Waals surface area contributed by atoms with Crippen LogP contribution in [0.15, 0.2) is 75.1 Å². The molecule has 2 aliphatic heterocycles. The topological polar surface area (TPSA) is 39.9 Å². The fourth-order valence-electron chi connectivity index (χ4n) is 3.96. The minimum Gasteiger partial charge on any atom is -0.468 e. The average molecular weight is 476 g/mol. The Bertz CT molecular complexity index is 1050. The Morgan fingerprint density at radius 1 is 1.00 bits per heavy atom. The van der Waals surface area contributed by atoms with Crippen molar-refractivity contribution in [1.82, 2.24) is 9.80 Å². The molecule has 3 aromatic rings. The van der Waals surface area contributed by atoms with E-state index in [1.54, 1.807) is 18.0 Å². The van der Waals surface area contributed by atoms with Crippen molar-refractivity contribution in [1.29, 1.82) is 0 Å². The van der Waals surface area contributed by atoms with Crippen LogP contribution >= 0.6 is 35.8 Å². The summed E-state index contributed by atoms with van der Waals surface area (Å²) in [6.45, 7) is 4.37. The third-order valence-electron chi connectivity index (χ3n) is 5.57. The van der Waals surface area contributed by atoms with Gasteiger partial charge in [-0.2, -0.15) is 0 Å². The third-order valence-corrected chi connectivity index (χ3v) is 6.98. The number of fused-ring (bicyclic) bond motifs is 2. The molecule has 0 unspecified atom stereocenters. The number of hydrogen-bond acceptors (Lipinski definition) is 4. The van der Waals surface area contributed by atoms with Gasteiger partial charge in [0.1, 0.15) is 5.76 Å². The van der Waals surface area contributed by atoms with E-state index in [0.29, 0.717) is 24.7 Å². The van der Waals surface area contributed by atoms with E-state index in [1.807, 2.05) is 52.3 Å². The maximum absolute atomic E-state index is 13.6. The molecule has 0 atom stereocenters. The molecule has 1 saturated heterocycles. The molecule has 31 heavy (non-hydrogen) atoms. The third kappa shape index (κ3) is 4.72. The van der Waals surface area contributed by atoms with Crippen LogP contribution in [0.3, 0.4) is 0 Å². The largest absolute Gasteiger partial charge is 0.468 e. The van der Waals surface area contributed by atoms with E-state index in [4.69, 9.17) is 16.0 Å². The number of carbonyl (C=O) groups is 1. The molecular formula is C23H23Cl2N3O2S.